The van der Waals surface area contributed by atoms with Gasteiger partial charge in [-0.1, -0.05) is 12.1 Å². The lowest BCUT2D eigenvalue weighted by Gasteiger charge is -1.98. The van der Waals surface area contributed by atoms with E-state index in [0.717, 1.165) is 27.9 Å². The second-order valence-corrected chi connectivity index (χ2v) is 4.40. The third-order valence-electron chi connectivity index (χ3n) is 2.37. The Morgan fingerprint density at radius 1 is 1.38 bits per heavy atom. The predicted molar refractivity (Wildman–Crippen MR) is 67.1 cm³/mol. The number of nitrogens with two attached hydrogens (primary N) is 1. The van der Waals surface area contributed by atoms with Crippen LogP contribution in [0.5, 0.6) is 0 Å². The standard InChI is InChI=1S/C12H13BrN2O/c1-8-11(6-7-14)16-12(15-8)9-4-2-3-5-10(9)13/h2-5H,6-7,14H2,1H3. The van der Waals surface area contributed by atoms with Crippen molar-refractivity contribution in [1.29, 1.82) is 0 Å². The normalized spacial score (nSPS) is 10.7. The minimum atomic E-state index is 0.575. The highest BCUT2D eigenvalue weighted by Crippen LogP contribution is 2.28. The number of hydrogen-bond acceptors (Lipinski definition) is 3. The molecule has 0 amide bonds. The third kappa shape index (κ3) is 2.18. The number of hydrogen-bond donors (Lipinski definition) is 1. The molecule has 1 heterocycles. The molecule has 0 saturated heterocycles. The van der Waals surface area contributed by atoms with Gasteiger partial charge in [-0.3, -0.25) is 0 Å². The molecule has 0 spiro atoms. The molecule has 0 radical (unpaired) electrons. The first-order chi connectivity index (χ1) is 7.72. The van der Waals surface area contributed by atoms with Gasteiger partial charge in [-0.05, 0) is 41.5 Å². The smallest absolute Gasteiger partial charge is 0.227 e. The van der Waals surface area contributed by atoms with Crippen LogP contribution in [-0.4, -0.2) is 11.5 Å². The second-order valence-electron chi connectivity index (χ2n) is 3.55. The number of aryl methyl sites for hydroxylation is 1. The minimum absolute atomic E-state index is 0.575. The van der Waals surface area contributed by atoms with E-state index in [2.05, 4.69) is 20.9 Å². The molecule has 2 aromatic rings. The highest BCUT2D eigenvalue weighted by Gasteiger charge is 2.12. The molecule has 4 heteroatoms. The molecule has 3 nitrogen and oxygen atoms in total. The Kier molecular flexibility index (Phi) is 3.41. The molecule has 0 saturated carbocycles. The van der Waals surface area contributed by atoms with Crippen LogP contribution < -0.4 is 5.73 Å². The summed E-state index contributed by atoms with van der Waals surface area (Å²) in [6.07, 6.45) is 0.725. The molecule has 0 bridgehead atoms. The first kappa shape index (κ1) is 11.4. The van der Waals surface area contributed by atoms with E-state index in [1.165, 1.54) is 0 Å². The Bertz CT molecular complexity index is 494. The van der Waals surface area contributed by atoms with Crippen LogP contribution >= 0.6 is 15.9 Å². The molecular formula is C12H13BrN2O. The zero-order valence-electron chi connectivity index (χ0n) is 9.03. The average molecular weight is 281 g/mol. The van der Waals surface area contributed by atoms with Gasteiger partial charge in [-0.2, -0.15) is 0 Å². The van der Waals surface area contributed by atoms with Crippen molar-refractivity contribution in [2.24, 2.45) is 5.73 Å². The summed E-state index contributed by atoms with van der Waals surface area (Å²) in [5.41, 5.74) is 7.39. The molecule has 0 aliphatic carbocycles. The van der Waals surface area contributed by atoms with E-state index in [-0.39, 0.29) is 0 Å². The average Bonchev–Trinajstić information content (AvgIpc) is 2.61. The lowest BCUT2D eigenvalue weighted by molar-refractivity contribution is 0.517. The van der Waals surface area contributed by atoms with E-state index in [0.29, 0.717) is 12.4 Å². The Hall–Kier alpha value is -1.13. The van der Waals surface area contributed by atoms with E-state index >= 15 is 0 Å². The van der Waals surface area contributed by atoms with Crippen molar-refractivity contribution < 1.29 is 4.42 Å². The van der Waals surface area contributed by atoms with Crippen LogP contribution in [0.1, 0.15) is 11.5 Å². The summed E-state index contributed by atoms with van der Waals surface area (Å²) >= 11 is 3.48. The summed E-state index contributed by atoms with van der Waals surface area (Å²) < 4.78 is 6.68. The van der Waals surface area contributed by atoms with E-state index in [9.17, 15) is 0 Å². The lowest BCUT2D eigenvalue weighted by atomic mass is 10.2. The van der Waals surface area contributed by atoms with Crippen molar-refractivity contribution in [3.8, 4) is 11.5 Å². The van der Waals surface area contributed by atoms with Gasteiger partial charge < -0.3 is 10.2 Å². The lowest BCUT2D eigenvalue weighted by Crippen LogP contribution is -2.02. The molecule has 0 aliphatic heterocycles. The molecule has 1 aromatic heterocycles. The van der Waals surface area contributed by atoms with E-state index < -0.39 is 0 Å². The Labute approximate surface area is 103 Å². The molecule has 0 fully saturated rings. The molecule has 1 aromatic carbocycles. The van der Waals surface area contributed by atoms with Crippen molar-refractivity contribution >= 4 is 15.9 Å². The zero-order chi connectivity index (χ0) is 11.5. The van der Waals surface area contributed by atoms with E-state index in [4.69, 9.17) is 10.2 Å². The van der Waals surface area contributed by atoms with E-state index in [1.54, 1.807) is 0 Å². The van der Waals surface area contributed by atoms with Crippen LogP contribution in [0.15, 0.2) is 33.2 Å². The van der Waals surface area contributed by atoms with Gasteiger partial charge in [-0.15, -0.1) is 0 Å². The number of rotatable bonds is 3. The van der Waals surface area contributed by atoms with E-state index in [1.807, 2.05) is 31.2 Å². The van der Waals surface area contributed by atoms with Crippen molar-refractivity contribution in [3.05, 3.63) is 40.2 Å². The fourth-order valence-electron chi connectivity index (χ4n) is 1.54. The third-order valence-corrected chi connectivity index (χ3v) is 3.06. The molecule has 84 valence electrons. The fraction of sp³-hybridized carbons (Fsp3) is 0.250. The molecule has 2 rings (SSSR count). The second kappa shape index (κ2) is 4.80. The van der Waals surface area contributed by atoms with Gasteiger partial charge in [0.05, 0.1) is 11.3 Å². The van der Waals surface area contributed by atoms with Gasteiger partial charge in [0.1, 0.15) is 5.76 Å². The van der Waals surface area contributed by atoms with Crippen LogP contribution in [-0.2, 0) is 6.42 Å². The number of oxazole rings is 1. The van der Waals surface area contributed by atoms with Crippen LogP contribution in [0.25, 0.3) is 11.5 Å². The van der Waals surface area contributed by atoms with Gasteiger partial charge in [-0.25, -0.2) is 4.98 Å². The van der Waals surface area contributed by atoms with Crippen LogP contribution in [0.3, 0.4) is 0 Å². The molecule has 0 unspecified atom stereocenters. The summed E-state index contributed by atoms with van der Waals surface area (Å²) in [5.74, 6) is 1.52. The van der Waals surface area contributed by atoms with Crippen LogP contribution in [0.2, 0.25) is 0 Å². The maximum Gasteiger partial charge on any atom is 0.227 e. The highest BCUT2D eigenvalue weighted by atomic mass is 79.9. The fourth-order valence-corrected chi connectivity index (χ4v) is 2.00. The van der Waals surface area contributed by atoms with Crippen LogP contribution in [0, 0.1) is 6.92 Å². The molecule has 16 heavy (non-hydrogen) atoms. The van der Waals surface area contributed by atoms with Crippen molar-refractivity contribution in [3.63, 3.8) is 0 Å². The van der Waals surface area contributed by atoms with Gasteiger partial charge >= 0.3 is 0 Å². The van der Waals surface area contributed by atoms with Gasteiger partial charge in [0.25, 0.3) is 0 Å². The summed E-state index contributed by atoms with van der Waals surface area (Å²) in [7, 11) is 0. The molecule has 0 atom stereocenters. The largest absolute Gasteiger partial charge is 0.441 e. The number of aromatic nitrogens is 1. The molecule has 2 N–H and O–H groups in total. The quantitative estimate of drug-likeness (QED) is 0.941. The Balaban J connectivity index is 2.42. The monoisotopic (exact) mass is 280 g/mol. The predicted octanol–water partition coefficient (Wildman–Crippen LogP) is 2.91. The Morgan fingerprint density at radius 2 is 2.12 bits per heavy atom. The van der Waals surface area contributed by atoms with Gasteiger partial charge in [0.2, 0.25) is 5.89 Å². The zero-order valence-corrected chi connectivity index (χ0v) is 10.6. The maximum absolute atomic E-state index is 5.70. The van der Waals surface area contributed by atoms with Crippen molar-refractivity contribution in [1.82, 2.24) is 4.98 Å². The minimum Gasteiger partial charge on any atom is -0.441 e. The summed E-state index contributed by atoms with van der Waals surface area (Å²) in [6.45, 7) is 2.51. The molecule has 0 aliphatic rings. The topological polar surface area (TPSA) is 52.0 Å². The molecular weight excluding hydrogens is 268 g/mol. The summed E-state index contributed by atoms with van der Waals surface area (Å²) in [6, 6.07) is 7.87. The Morgan fingerprint density at radius 3 is 2.81 bits per heavy atom. The van der Waals surface area contributed by atoms with Gasteiger partial charge in [0, 0.05) is 10.9 Å². The maximum atomic E-state index is 5.70. The summed E-state index contributed by atoms with van der Waals surface area (Å²) in [5, 5.41) is 0. The van der Waals surface area contributed by atoms with Gasteiger partial charge in [0.15, 0.2) is 0 Å². The van der Waals surface area contributed by atoms with Crippen LogP contribution in [0.4, 0.5) is 0 Å². The number of benzene rings is 1. The number of nitrogens with zero attached hydrogens (tertiary/aromatic N) is 1. The summed E-state index contributed by atoms with van der Waals surface area (Å²) in [4.78, 5) is 4.41. The SMILES string of the molecule is Cc1nc(-c2ccccc2Br)oc1CCN. The first-order valence-corrected chi connectivity index (χ1v) is 5.93. The highest BCUT2D eigenvalue weighted by molar-refractivity contribution is 9.10. The number of halogens is 1. The first-order valence-electron chi connectivity index (χ1n) is 5.13. The van der Waals surface area contributed by atoms with Crippen molar-refractivity contribution in [2.45, 2.75) is 13.3 Å². The van der Waals surface area contributed by atoms with Crippen molar-refractivity contribution in [2.75, 3.05) is 6.54 Å².